The molecule has 1 aromatic carbocycles. The van der Waals surface area contributed by atoms with Gasteiger partial charge in [0.2, 0.25) is 10.0 Å². The number of thiophene rings is 1. The van der Waals surface area contributed by atoms with Gasteiger partial charge in [0.15, 0.2) is 0 Å². The molecular weight excluding hydrogens is 394 g/mol. The van der Waals surface area contributed by atoms with Gasteiger partial charge in [0.05, 0.1) is 15.8 Å². The number of sulfonamides is 1. The summed E-state index contributed by atoms with van der Waals surface area (Å²) in [6.07, 6.45) is 0. The van der Waals surface area contributed by atoms with Crippen molar-refractivity contribution < 1.29 is 8.42 Å². The molecule has 148 valence electrons. The van der Waals surface area contributed by atoms with Crippen LogP contribution in [0.4, 0.5) is 0 Å². The molecule has 0 aliphatic carbocycles. The summed E-state index contributed by atoms with van der Waals surface area (Å²) < 4.78 is 29.6. The molecule has 2 heterocycles. The summed E-state index contributed by atoms with van der Waals surface area (Å²) in [4.78, 5) is 13.5. The average molecular weight is 418 g/mol. The van der Waals surface area contributed by atoms with E-state index in [0.29, 0.717) is 16.8 Å². The summed E-state index contributed by atoms with van der Waals surface area (Å²) in [5.41, 5.74) is 2.84. The van der Waals surface area contributed by atoms with Gasteiger partial charge >= 0.3 is 0 Å². The molecule has 8 heteroatoms. The van der Waals surface area contributed by atoms with Gasteiger partial charge in [0.1, 0.15) is 5.69 Å². The molecule has 2 aromatic heterocycles. The number of nitrogens with zero attached hydrogens (tertiary/aromatic N) is 2. The molecule has 3 rings (SSSR count). The Hall–Kier alpha value is -2.29. The van der Waals surface area contributed by atoms with Crippen molar-refractivity contribution in [1.29, 1.82) is 0 Å². The molecule has 1 atom stereocenters. The standard InChI is InChI=1S/C20H23N3O3S2/c1-13-10-14(2)20(15(3)11-13)28(25,26)21-12-16(4)23-19(24)8-7-17(22-23)18-6-5-9-27-18/h5-11,16,21H,12H2,1-4H3. The molecule has 6 nitrogen and oxygen atoms in total. The van der Waals surface area contributed by atoms with E-state index in [2.05, 4.69) is 9.82 Å². The second-order valence-corrected chi connectivity index (χ2v) is 9.56. The molecule has 0 radical (unpaired) electrons. The molecule has 0 amide bonds. The molecule has 0 bridgehead atoms. The molecule has 0 fully saturated rings. The summed E-state index contributed by atoms with van der Waals surface area (Å²) in [7, 11) is -3.70. The van der Waals surface area contributed by atoms with Gasteiger partial charge < -0.3 is 0 Å². The first-order valence-electron chi connectivity index (χ1n) is 8.90. The predicted molar refractivity (Wildman–Crippen MR) is 112 cm³/mol. The van der Waals surface area contributed by atoms with Crippen LogP contribution in [0.25, 0.3) is 10.6 Å². The molecule has 0 saturated carbocycles. The van der Waals surface area contributed by atoms with Crippen molar-refractivity contribution in [1.82, 2.24) is 14.5 Å². The van der Waals surface area contributed by atoms with Gasteiger partial charge in [0.25, 0.3) is 5.56 Å². The first-order chi connectivity index (χ1) is 13.2. The van der Waals surface area contributed by atoms with Gasteiger partial charge in [-0.25, -0.2) is 17.8 Å². The molecular formula is C20H23N3O3S2. The fourth-order valence-electron chi connectivity index (χ4n) is 3.28. The Morgan fingerprint density at radius 1 is 1.14 bits per heavy atom. The zero-order valence-electron chi connectivity index (χ0n) is 16.3. The Labute approximate surface area is 168 Å². The third kappa shape index (κ3) is 4.24. The van der Waals surface area contributed by atoms with Crippen molar-refractivity contribution in [3.05, 3.63) is 68.8 Å². The number of hydrogen-bond donors (Lipinski definition) is 1. The molecule has 28 heavy (non-hydrogen) atoms. The third-order valence-corrected chi connectivity index (χ3v) is 7.08. The Morgan fingerprint density at radius 3 is 2.43 bits per heavy atom. The minimum Gasteiger partial charge on any atom is -0.268 e. The van der Waals surface area contributed by atoms with Gasteiger partial charge in [-0.1, -0.05) is 23.8 Å². The summed E-state index contributed by atoms with van der Waals surface area (Å²) in [6.45, 7) is 7.34. The van der Waals surface area contributed by atoms with Gasteiger partial charge in [-0.15, -0.1) is 11.3 Å². The summed E-state index contributed by atoms with van der Waals surface area (Å²) in [5, 5.41) is 6.36. The Balaban J connectivity index is 1.83. The van der Waals surface area contributed by atoms with Crippen LogP contribution in [0.5, 0.6) is 0 Å². The van der Waals surface area contributed by atoms with Crippen molar-refractivity contribution in [2.24, 2.45) is 0 Å². The van der Waals surface area contributed by atoms with E-state index in [4.69, 9.17) is 0 Å². The molecule has 1 unspecified atom stereocenters. The summed E-state index contributed by atoms with van der Waals surface area (Å²) in [6, 6.07) is 10.2. The SMILES string of the molecule is Cc1cc(C)c(S(=O)(=O)NCC(C)n2nc(-c3cccs3)ccc2=O)c(C)c1. The largest absolute Gasteiger partial charge is 0.268 e. The van der Waals surface area contributed by atoms with Gasteiger partial charge in [-0.05, 0) is 56.3 Å². The highest BCUT2D eigenvalue weighted by molar-refractivity contribution is 7.89. The van der Waals surface area contributed by atoms with Crippen molar-refractivity contribution in [3.8, 4) is 10.6 Å². The van der Waals surface area contributed by atoms with Crippen molar-refractivity contribution in [2.75, 3.05) is 6.54 Å². The molecule has 0 spiro atoms. The smallest absolute Gasteiger partial charge is 0.267 e. The van der Waals surface area contributed by atoms with Crippen LogP contribution in [-0.4, -0.2) is 24.7 Å². The summed E-state index contributed by atoms with van der Waals surface area (Å²) in [5.74, 6) is 0. The van der Waals surface area contributed by atoms with Crippen LogP contribution in [0, 0.1) is 20.8 Å². The highest BCUT2D eigenvalue weighted by atomic mass is 32.2. The van der Waals surface area contributed by atoms with Crippen LogP contribution >= 0.6 is 11.3 Å². The van der Waals surface area contributed by atoms with E-state index in [1.54, 1.807) is 26.8 Å². The molecule has 1 N–H and O–H groups in total. The lowest BCUT2D eigenvalue weighted by Crippen LogP contribution is -2.35. The first kappa shape index (κ1) is 20.4. The number of nitrogens with one attached hydrogen (secondary N) is 1. The highest BCUT2D eigenvalue weighted by Crippen LogP contribution is 2.23. The van der Waals surface area contributed by atoms with E-state index in [0.717, 1.165) is 10.4 Å². The van der Waals surface area contributed by atoms with Crippen LogP contribution in [0.3, 0.4) is 0 Å². The minimum absolute atomic E-state index is 0.0654. The average Bonchev–Trinajstić information content (AvgIpc) is 3.13. The fourth-order valence-corrected chi connectivity index (χ4v) is 5.54. The maximum Gasteiger partial charge on any atom is 0.267 e. The van der Waals surface area contributed by atoms with E-state index in [1.165, 1.54) is 22.1 Å². The van der Waals surface area contributed by atoms with Crippen molar-refractivity contribution in [2.45, 2.75) is 38.6 Å². The van der Waals surface area contributed by atoms with Gasteiger partial charge in [0, 0.05) is 12.6 Å². The predicted octanol–water partition coefficient (Wildman–Crippen LogP) is 3.44. The minimum atomic E-state index is -3.70. The summed E-state index contributed by atoms with van der Waals surface area (Å²) >= 11 is 1.53. The number of benzene rings is 1. The lowest BCUT2D eigenvalue weighted by atomic mass is 10.1. The second kappa shape index (κ2) is 7.98. The van der Waals surface area contributed by atoms with E-state index in [-0.39, 0.29) is 17.0 Å². The lowest BCUT2D eigenvalue weighted by Gasteiger charge is -2.17. The van der Waals surface area contributed by atoms with Gasteiger partial charge in [-0.2, -0.15) is 5.10 Å². The van der Waals surface area contributed by atoms with E-state index in [9.17, 15) is 13.2 Å². The molecule has 0 aliphatic heterocycles. The Bertz CT molecular complexity index is 1130. The number of aromatic nitrogens is 2. The van der Waals surface area contributed by atoms with Crippen LogP contribution < -0.4 is 10.3 Å². The van der Waals surface area contributed by atoms with E-state index in [1.807, 2.05) is 36.6 Å². The first-order valence-corrected chi connectivity index (χ1v) is 11.3. The normalized spacial score (nSPS) is 12.9. The molecule has 0 aliphatic rings. The van der Waals surface area contributed by atoms with Gasteiger partial charge in [-0.3, -0.25) is 4.79 Å². The Morgan fingerprint density at radius 2 is 1.82 bits per heavy atom. The third-order valence-electron chi connectivity index (χ3n) is 4.46. The number of rotatable bonds is 6. The monoisotopic (exact) mass is 417 g/mol. The van der Waals surface area contributed by atoms with Crippen LogP contribution in [0.1, 0.15) is 29.7 Å². The zero-order chi connectivity index (χ0) is 20.5. The molecule has 0 saturated heterocycles. The van der Waals surface area contributed by atoms with Crippen molar-refractivity contribution in [3.63, 3.8) is 0 Å². The van der Waals surface area contributed by atoms with Crippen LogP contribution in [-0.2, 0) is 10.0 Å². The highest BCUT2D eigenvalue weighted by Gasteiger charge is 2.21. The van der Waals surface area contributed by atoms with E-state index >= 15 is 0 Å². The topological polar surface area (TPSA) is 81.1 Å². The Kier molecular flexibility index (Phi) is 5.83. The fraction of sp³-hybridized carbons (Fsp3) is 0.300. The maximum atomic E-state index is 12.8. The quantitative estimate of drug-likeness (QED) is 0.666. The van der Waals surface area contributed by atoms with Crippen LogP contribution in [0.15, 0.2) is 51.5 Å². The second-order valence-electron chi connectivity index (χ2n) is 6.91. The van der Waals surface area contributed by atoms with Crippen LogP contribution in [0.2, 0.25) is 0 Å². The maximum absolute atomic E-state index is 12.8. The zero-order valence-corrected chi connectivity index (χ0v) is 17.9. The number of hydrogen-bond acceptors (Lipinski definition) is 5. The molecule has 3 aromatic rings. The van der Waals surface area contributed by atoms with Crippen molar-refractivity contribution >= 4 is 21.4 Å². The number of aryl methyl sites for hydroxylation is 3. The lowest BCUT2D eigenvalue weighted by molar-refractivity contribution is 0.459. The van der Waals surface area contributed by atoms with E-state index < -0.39 is 16.1 Å².